The van der Waals surface area contributed by atoms with E-state index in [4.69, 9.17) is 4.74 Å². The summed E-state index contributed by atoms with van der Waals surface area (Å²) in [5, 5.41) is 15.0. The first-order chi connectivity index (χ1) is 14.9. The molecule has 2 fully saturated rings. The van der Waals surface area contributed by atoms with Gasteiger partial charge in [-0.25, -0.2) is 9.59 Å². The summed E-state index contributed by atoms with van der Waals surface area (Å²) in [6, 6.07) is -2.53. The van der Waals surface area contributed by atoms with Gasteiger partial charge < -0.3 is 20.5 Å². The van der Waals surface area contributed by atoms with E-state index in [2.05, 4.69) is 10.6 Å². The predicted molar refractivity (Wildman–Crippen MR) is 119 cm³/mol. The third kappa shape index (κ3) is 7.38. The minimum Gasteiger partial charge on any atom is -0.480 e. The number of ether oxygens (including phenoxy) is 1. The van der Waals surface area contributed by atoms with Gasteiger partial charge in [0.05, 0.1) is 0 Å². The fraction of sp³-hybridized carbons (Fsp3) is 0.826. The number of amides is 3. The second-order valence-electron chi connectivity index (χ2n) is 10.4. The molecule has 32 heavy (non-hydrogen) atoms. The van der Waals surface area contributed by atoms with Crippen molar-refractivity contribution in [3.63, 3.8) is 0 Å². The number of carboxylic acids is 1. The van der Waals surface area contributed by atoms with E-state index in [0.29, 0.717) is 25.8 Å². The highest BCUT2D eigenvalue weighted by atomic mass is 16.6. The van der Waals surface area contributed by atoms with Crippen molar-refractivity contribution in [1.82, 2.24) is 15.5 Å². The van der Waals surface area contributed by atoms with Crippen molar-refractivity contribution in [2.75, 3.05) is 6.54 Å². The second kappa shape index (κ2) is 11.0. The molecule has 182 valence electrons. The number of likely N-dealkylation sites (tertiary alicyclic amines) is 1. The average Bonchev–Trinajstić information content (AvgIpc) is 3.35. The molecule has 1 aliphatic carbocycles. The summed E-state index contributed by atoms with van der Waals surface area (Å²) in [4.78, 5) is 51.8. The second-order valence-corrected chi connectivity index (χ2v) is 10.4. The topological polar surface area (TPSA) is 125 Å². The molecule has 0 aromatic heterocycles. The zero-order valence-corrected chi connectivity index (χ0v) is 20.0. The number of carbonyl (C=O) groups is 4. The third-order valence-electron chi connectivity index (χ3n) is 5.96. The van der Waals surface area contributed by atoms with E-state index in [0.717, 1.165) is 25.7 Å². The summed E-state index contributed by atoms with van der Waals surface area (Å²) in [5.74, 6) is -1.91. The van der Waals surface area contributed by atoms with Crippen LogP contribution in [0, 0.1) is 11.8 Å². The van der Waals surface area contributed by atoms with E-state index in [1.807, 2.05) is 13.8 Å². The van der Waals surface area contributed by atoms with Crippen molar-refractivity contribution >= 4 is 23.9 Å². The molecule has 0 spiro atoms. The molecule has 0 aromatic carbocycles. The number of nitrogens with one attached hydrogen (secondary N) is 2. The van der Waals surface area contributed by atoms with Crippen molar-refractivity contribution in [3.05, 3.63) is 0 Å². The molecular weight excluding hydrogens is 414 g/mol. The molecule has 1 heterocycles. The monoisotopic (exact) mass is 453 g/mol. The standard InChI is InChI=1S/C23H39N3O6/c1-14(2)13-16(21(29)30)24-20(28)18(15-9-6-7-10-15)25-19(27)17-11-8-12-26(17)22(31)32-23(3,4)5/h14-18H,6-13H2,1-5H3,(H,24,28)(H,25,27)(H,29,30)/t16-,17-,18+/m0/s1. The number of nitrogens with zero attached hydrogens (tertiary/aromatic N) is 1. The summed E-state index contributed by atoms with van der Waals surface area (Å²) in [6.45, 7) is 9.52. The van der Waals surface area contributed by atoms with Gasteiger partial charge in [-0.15, -0.1) is 0 Å². The van der Waals surface area contributed by atoms with Crippen LogP contribution >= 0.6 is 0 Å². The largest absolute Gasteiger partial charge is 0.480 e. The van der Waals surface area contributed by atoms with Crippen molar-refractivity contribution in [2.45, 2.75) is 103 Å². The molecule has 1 saturated heterocycles. The van der Waals surface area contributed by atoms with Crippen LogP contribution in [-0.4, -0.2) is 64.2 Å². The maximum Gasteiger partial charge on any atom is 0.410 e. The number of hydrogen-bond acceptors (Lipinski definition) is 5. The van der Waals surface area contributed by atoms with E-state index in [1.165, 1.54) is 4.90 Å². The van der Waals surface area contributed by atoms with Crippen LogP contribution in [0.1, 0.15) is 79.6 Å². The van der Waals surface area contributed by atoms with Gasteiger partial charge in [-0.1, -0.05) is 26.7 Å². The van der Waals surface area contributed by atoms with Crippen LogP contribution in [0.3, 0.4) is 0 Å². The van der Waals surface area contributed by atoms with Gasteiger partial charge in [0.1, 0.15) is 23.7 Å². The van der Waals surface area contributed by atoms with E-state index in [9.17, 15) is 24.3 Å². The molecule has 9 nitrogen and oxygen atoms in total. The molecule has 0 bridgehead atoms. The van der Waals surface area contributed by atoms with Gasteiger partial charge in [0, 0.05) is 6.54 Å². The highest BCUT2D eigenvalue weighted by molar-refractivity contribution is 5.93. The van der Waals surface area contributed by atoms with Gasteiger partial charge in [-0.05, 0) is 64.7 Å². The van der Waals surface area contributed by atoms with Crippen LogP contribution in [0.2, 0.25) is 0 Å². The first kappa shape index (κ1) is 25.9. The maximum absolute atomic E-state index is 13.1. The molecule has 9 heteroatoms. The molecule has 0 radical (unpaired) electrons. The van der Waals surface area contributed by atoms with Crippen molar-refractivity contribution < 1.29 is 29.0 Å². The van der Waals surface area contributed by atoms with E-state index in [1.54, 1.807) is 20.8 Å². The van der Waals surface area contributed by atoms with Crippen LogP contribution in [0.25, 0.3) is 0 Å². The van der Waals surface area contributed by atoms with Crippen molar-refractivity contribution in [3.8, 4) is 0 Å². The maximum atomic E-state index is 13.1. The van der Waals surface area contributed by atoms with Gasteiger partial charge in [-0.2, -0.15) is 0 Å². The van der Waals surface area contributed by atoms with Crippen LogP contribution < -0.4 is 10.6 Å². The van der Waals surface area contributed by atoms with Crippen molar-refractivity contribution in [1.29, 1.82) is 0 Å². The summed E-state index contributed by atoms with van der Waals surface area (Å²) < 4.78 is 5.43. The lowest BCUT2D eigenvalue weighted by Crippen LogP contribution is -2.57. The Kier molecular flexibility index (Phi) is 8.92. The third-order valence-corrected chi connectivity index (χ3v) is 5.96. The Morgan fingerprint density at radius 3 is 2.19 bits per heavy atom. The number of aliphatic carboxylic acids is 1. The molecule has 2 rings (SSSR count). The normalized spacial score (nSPS) is 21.3. The average molecular weight is 454 g/mol. The Bertz CT molecular complexity index is 696. The van der Waals surface area contributed by atoms with Crippen LogP contribution in [-0.2, 0) is 19.1 Å². The SMILES string of the molecule is CC(C)C[C@H](NC(=O)[C@H](NC(=O)[C@@H]1CCCN1C(=O)OC(C)(C)C)C1CCCC1)C(=O)O. The predicted octanol–water partition coefficient (Wildman–Crippen LogP) is 2.68. The quantitative estimate of drug-likeness (QED) is 0.519. The highest BCUT2D eigenvalue weighted by Crippen LogP contribution is 2.29. The molecule has 1 saturated carbocycles. The summed E-state index contributed by atoms with van der Waals surface area (Å²) in [7, 11) is 0. The Labute approximate surface area is 190 Å². The van der Waals surface area contributed by atoms with E-state index >= 15 is 0 Å². The van der Waals surface area contributed by atoms with E-state index in [-0.39, 0.29) is 11.8 Å². The van der Waals surface area contributed by atoms with Gasteiger partial charge in [0.2, 0.25) is 11.8 Å². The molecule has 3 N–H and O–H groups in total. The van der Waals surface area contributed by atoms with Crippen molar-refractivity contribution in [2.24, 2.45) is 11.8 Å². The molecular formula is C23H39N3O6. The number of hydrogen-bond donors (Lipinski definition) is 3. The fourth-order valence-electron chi connectivity index (χ4n) is 4.47. The first-order valence-electron chi connectivity index (χ1n) is 11.7. The number of carboxylic acid groups (broad SMARTS) is 1. The Morgan fingerprint density at radius 2 is 1.66 bits per heavy atom. The molecule has 0 unspecified atom stereocenters. The number of rotatable bonds is 8. The molecule has 1 aliphatic heterocycles. The molecule has 2 aliphatic rings. The minimum absolute atomic E-state index is 0.0520. The smallest absolute Gasteiger partial charge is 0.410 e. The lowest BCUT2D eigenvalue weighted by molar-refractivity contribution is -0.143. The zero-order chi connectivity index (χ0) is 24.1. The van der Waals surface area contributed by atoms with Crippen LogP contribution in [0.15, 0.2) is 0 Å². The summed E-state index contributed by atoms with van der Waals surface area (Å²) >= 11 is 0. The lowest BCUT2D eigenvalue weighted by Gasteiger charge is -2.30. The number of carbonyl (C=O) groups excluding carboxylic acids is 3. The zero-order valence-electron chi connectivity index (χ0n) is 20.0. The van der Waals surface area contributed by atoms with E-state index < -0.39 is 47.6 Å². The Balaban J connectivity index is 2.12. The molecule has 3 amide bonds. The molecule has 0 aromatic rings. The highest BCUT2D eigenvalue weighted by Gasteiger charge is 2.40. The Hall–Kier alpha value is -2.32. The first-order valence-corrected chi connectivity index (χ1v) is 11.7. The van der Waals surface area contributed by atoms with Gasteiger partial charge >= 0.3 is 12.1 Å². The van der Waals surface area contributed by atoms with Gasteiger partial charge in [-0.3, -0.25) is 14.5 Å². The van der Waals surface area contributed by atoms with Crippen LogP contribution in [0.5, 0.6) is 0 Å². The lowest BCUT2D eigenvalue weighted by atomic mass is 9.95. The fourth-order valence-corrected chi connectivity index (χ4v) is 4.47. The Morgan fingerprint density at radius 1 is 1.03 bits per heavy atom. The minimum atomic E-state index is -1.09. The molecule has 3 atom stereocenters. The summed E-state index contributed by atoms with van der Waals surface area (Å²) in [6.07, 6.45) is 4.45. The summed E-state index contributed by atoms with van der Waals surface area (Å²) in [5.41, 5.74) is -0.671. The van der Waals surface area contributed by atoms with Gasteiger partial charge in [0.15, 0.2) is 0 Å². The van der Waals surface area contributed by atoms with Gasteiger partial charge in [0.25, 0.3) is 0 Å². The van der Waals surface area contributed by atoms with Crippen LogP contribution in [0.4, 0.5) is 4.79 Å².